The molecular weight excluding hydrogens is 174 g/mol. The van der Waals surface area contributed by atoms with Crippen molar-refractivity contribution in [1.29, 1.82) is 0 Å². The van der Waals surface area contributed by atoms with Crippen molar-refractivity contribution in [2.45, 2.75) is 19.7 Å². The number of nitrogens with one attached hydrogen (secondary N) is 1. The van der Waals surface area contributed by atoms with Crippen LogP contribution in [-0.2, 0) is 9.78 Å². The molecule has 1 unspecified atom stereocenters. The van der Waals surface area contributed by atoms with Gasteiger partial charge in [-0.25, -0.2) is 9.68 Å². The fraction of sp³-hybridized carbons (Fsp3) is 0.857. The fourth-order valence-corrected chi connectivity index (χ4v) is 1.28. The lowest BCUT2D eigenvalue weighted by Gasteiger charge is -2.31. The van der Waals surface area contributed by atoms with Gasteiger partial charge in [0.1, 0.15) is 0 Å². The van der Waals surface area contributed by atoms with Gasteiger partial charge in [0.2, 0.25) is 5.85 Å². The standard InChI is InChI=1S/C7H15N3O3/c1-3-12-13-7(2)9-4-5-10(7)6(8)11/h9H,3-5H2,1-2H3,(H2,8,11). The maximum atomic E-state index is 11.0. The van der Waals surface area contributed by atoms with Crippen LogP contribution in [0.4, 0.5) is 4.79 Å². The Kier molecular flexibility index (Phi) is 3.07. The largest absolute Gasteiger partial charge is 0.351 e. The van der Waals surface area contributed by atoms with Crippen molar-refractivity contribution in [2.24, 2.45) is 5.73 Å². The first-order valence-electron chi connectivity index (χ1n) is 4.23. The molecule has 0 bridgehead atoms. The van der Waals surface area contributed by atoms with Crippen molar-refractivity contribution in [2.75, 3.05) is 19.7 Å². The highest BCUT2D eigenvalue weighted by Gasteiger charge is 2.40. The predicted molar refractivity (Wildman–Crippen MR) is 45.4 cm³/mol. The molecule has 2 amide bonds. The average molecular weight is 189 g/mol. The summed E-state index contributed by atoms with van der Waals surface area (Å²) in [6, 6.07) is -0.521. The Morgan fingerprint density at radius 2 is 2.46 bits per heavy atom. The van der Waals surface area contributed by atoms with Crippen LogP contribution in [0.5, 0.6) is 0 Å². The summed E-state index contributed by atoms with van der Waals surface area (Å²) in [5, 5.41) is 2.98. The summed E-state index contributed by atoms with van der Waals surface area (Å²) in [6.45, 7) is 5.09. The number of carbonyl (C=O) groups excluding carboxylic acids is 1. The summed E-state index contributed by atoms with van der Waals surface area (Å²) >= 11 is 0. The predicted octanol–water partition coefficient (Wildman–Crippen LogP) is -0.388. The lowest BCUT2D eigenvalue weighted by Crippen LogP contribution is -2.55. The van der Waals surface area contributed by atoms with Gasteiger partial charge in [-0.15, -0.1) is 0 Å². The van der Waals surface area contributed by atoms with Crippen LogP contribution in [0.15, 0.2) is 0 Å². The third kappa shape index (κ3) is 2.09. The molecule has 3 N–H and O–H groups in total. The summed E-state index contributed by atoms with van der Waals surface area (Å²) in [5.41, 5.74) is 5.16. The molecule has 0 aliphatic carbocycles. The highest BCUT2D eigenvalue weighted by Crippen LogP contribution is 2.17. The molecular formula is C7H15N3O3. The molecule has 1 heterocycles. The smallest absolute Gasteiger partial charge is 0.318 e. The molecule has 1 atom stereocenters. The first-order chi connectivity index (χ1) is 6.10. The Labute approximate surface area is 76.9 Å². The summed E-state index contributed by atoms with van der Waals surface area (Å²) in [6.07, 6.45) is 0. The molecule has 6 nitrogen and oxygen atoms in total. The minimum absolute atomic E-state index is 0.421. The molecule has 6 heteroatoms. The summed E-state index contributed by atoms with van der Waals surface area (Å²) in [5.74, 6) is -0.929. The van der Waals surface area contributed by atoms with Crippen LogP contribution in [0, 0.1) is 0 Å². The molecule has 1 fully saturated rings. The first kappa shape index (κ1) is 10.2. The van der Waals surface area contributed by atoms with Crippen LogP contribution < -0.4 is 11.1 Å². The molecule has 0 aromatic carbocycles. The summed E-state index contributed by atoms with van der Waals surface area (Å²) in [4.78, 5) is 22.1. The van der Waals surface area contributed by atoms with E-state index in [9.17, 15) is 4.79 Å². The fourth-order valence-electron chi connectivity index (χ4n) is 1.28. The van der Waals surface area contributed by atoms with E-state index >= 15 is 0 Å². The molecule has 0 aromatic heterocycles. The zero-order chi connectivity index (χ0) is 9.90. The van der Waals surface area contributed by atoms with Crippen LogP contribution in [0.1, 0.15) is 13.8 Å². The van der Waals surface area contributed by atoms with Crippen molar-refractivity contribution in [3.05, 3.63) is 0 Å². The molecule has 0 spiro atoms. The van der Waals surface area contributed by atoms with Crippen LogP contribution in [0.2, 0.25) is 0 Å². The van der Waals surface area contributed by atoms with Gasteiger partial charge in [-0.1, -0.05) is 0 Å². The van der Waals surface area contributed by atoms with Gasteiger partial charge in [-0.05, 0) is 6.92 Å². The molecule has 1 aliphatic heterocycles. The zero-order valence-electron chi connectivity index (χ0n) is 7.87. The maximum absolute atomic E-state index is 11.0. The van der Waals surface area contributed by atoms with Gasteiger partial charge >= 0.3 is 6.03 Å². The van der Waals surface area contributed by atoms with Crippen molar-refractivity contribution < 1.29 is 14.6 Å². The van der Waals surface area contributed by atoms with Crippen LogP contribution in [0.25, 0.3) is 0 Å². The second kappa shape index (κ2) is 3.91. The van der Waals surface area contributed by atoms with E-state index in [2.05, 4.69) is 5.32 Å². The van der Waals surface area contributed by atoms with Gasteiger partial charge < -0.3 is 5.73 Å². The molecule has 1 saturated heterocycles. The van der Waals surface area contributed by atoms with Gasteiger partial charge in [0.25, 0.3) is 0 Å². The summed E-state index contributed by atoms with van der Waals surface area (Å²) in [7, 11) is 0. The van der Waals surface area contributed by atoms with E-state index in [1.54, 1.807) is 13.8 Å². The first-order valence-corrected chi connectivity index (χ1v) is 4.23. The number of hydrogen-bond acceptors (Lipinski definition) is 4. The number of amides is 2. The van der Waals surface area contributed by atoms with Gasteiger partial charge in [0.15, 0.2) is 0 Å². The molecule has 76 valence electrons. The third-order valence-electron chi connectivity index (χ3n) is 1.91. The van der Waals surface area contributed by atoms with Gasteiger partial charge in [-0.2, -0.15) is 4.89 Å². The highest BCUT2D eigenvalue weighted by atomic mass is 17.2. The monoisotopic (exact) mass is 189 g/mol. The molecule has 1 aliphatic rings. The number of carbonyl (C=O) groups is 1. The lowest BCUT2D eigenvalue weighted by molar-refractivity contribution is -0.382. The maximum Gasteiger partial charge on any atom is 0.318 e. The van der Waals surface area contributed by atoms with Crippen LogP contribution >= 0.6 is 0 Å². The molecule has 0 radical (unpaired) electrons. The highest BCUT2D eigenvalue weighted by molar-refractivity contribution is 5.73. The Morgan fingerprint density at radius 3 is 3.00 bits per heavy atom. The van der Waals surface area contributed by atoms with Gasteiger partial charge in [-0.3, -0.25) is 10.2 Å². The molecule has 1 rings (SSSR count). The van der Waals surface area contributed by atoms with Crippen molar-refractivity contribution in [3.8, 4) is 0 Å². The Hall–Kier alpha value is -0.850. The van der Waals surface area contributed by atoms with E-state index in [1.165, 1.54) is 4.90 Å². The number of urea groups is 1. The molecule has 13 heavy (non-hydrogen) atoms. The van der Waals surface area contributed by atoms with E-state index in [1.807, 2.05) is 0 Å². The lowest BCUT2D eigenvalue weighted by atomic mass is 10.4. The van der Waals surface area contributed by atoms with Crippen LogP contribution in [-0.4, -0.2) is 36.5 Å². The van der Waals surface area contributed by atoms with Crippen LogP contribution in [0.3, 0.4) is 0 Å². The minimum Gasteiger partial charge on any atom is -0.351 e. The molecule has 0 aromatic rings. The van der Waals surface area contributed by atoms with Crippen molar-refractivity contribution >= 4 is 6.03 Å². The van der Waals surface area contributed by atoms with E-state index in [4.69, 9.17) is 15.5 Å². The van der Waals surface area contributed by atoms with E-state index in [-0.39, 0.29) is 0 Å². The van der Waals surface area contributed by atoms with E-state index in [0.717, 1.165) is 0 Å². The number of nitrogens with two attached hydrogens (primary N) is 1. The Morgan fingerprint density at radius 1 is 1.77 bits per heavy atom. The van der Waals surface area contributed by atoms with E-state index in [0.29, 0.717) is 19.7 Å². The van der Waals surface area contributed by atoms with Crippen molar-refractivity contribution in [3.63, 3.8) is 0 Å². The summed E-state index contributed by atoms with van der Waals surface area (Å²) < 4.78 is 0. The quantitative estimate of drug-likeness (QED) is 0.468. The van der Waals surface area contributed by atoms with Gasteiger partial charge in [0.05, 0.1) is 6.61 Å². The number of nitrogens with zero attached hydrogens (tertiary/aromatic N) is 1. The topological polar surface area (TPSA) is 76.8 Å². The minimum atomic E-state index is -0.929. The zero-order valence-corrected chi connectivity index (χ0v) is 7.87. The number of primary amides is 1. The normalized spacial score (nSPS) is 28.0. The second-order valence-corrected chi connectivity index (χ2v) is 2.89. The second-order valence-electron chi connectivity index (χ2n) is 2.89. The SMILES string of the molecule is CCOOC1(C)NCCN1C(N)=O. The number of hydrogen-bond donors (Lipinski definition) is 2. The Balaban J connectivity index is 2.58. The number of rotatable bonds is 3. The third-order valence-corrected chi connectivity index (χ3v) is 1.91. The Bertz CT molecular complexity index is 199. The van der Waals surface area contributed by atoms with E-state index < -0.39 is 11.9 Å². The van der Waals surface area contributed by atoms with Gasteiger partial charge in [0, 0.05) is 20.0 Å². The van der Waals surface area contributed by atoms with Crippen molar-refractivity contribution in [1.82, 2.24) is 10.2 Å². The molecule has 0 saturated carbocycles. The average Bonchev–Trinajstić information content (AvgIpc) is 2.44.